The van der Waals surface area contributed by atoms with Crippen LogP contribution in [-0.4, -0.2) is 45.1 Å². The van der Waals surface area contributed by atoms with E-state index in [9.17, 15) is 13.2 Å². The Balaban J connectivity index is 2.25. The van der Waals surface area contributed by atoms with Crippen molar-refractivity contribution in [3.8, 4) is 0 Å². The minimum absolute atomic E-state index is 0.0664. The van der Waals surface area contributed by atoms with Crippen LogP contribution in [0.3, 0.4) is 0 Å². The first-order valence-corrected chi connectivity index (χ1v) is 11.5. The lowest BCUT2D eigenvalue weighted by Crippen LogP contribution is -2.36. The lowest BCUT2D eigenvalue weighted by molar-refractivity contribution is 0.0720. The quantitative estimate of drug-likeness (QED) is 0.732. The van der Waals surface area contributed by atoms with Crippen molar-refractivity contribution < 1.29 is 13.2 Å². The molecule has 0 radical (unpaired) electrons. The number of nitrogens with zero attached hydrogens (tertiary/aromatic N) is 1. The molecule has 1 aromatic rings. The number of carbonyl (C=O) groups is 1. The summed E-state index contributed by atoms with van der Waals surface area (Å²) in [5, 5.41) is 0. The Labute approximate surface area is 155 Å². The number of benzene rings is 1. The molecule has 1 heterocycles. The largest absolute Gasteiger partial charge is 0.339 e. The number of hydrogen-bond donors (Lipinski definition) is 1. The molecule has 1 aliphatic rings. The zero-order valence-electron chi connectivity index (χ0n) is 15.2. The highest BCUT2D eigenvalue weighted by molar-refractivity contribution is 7.98. The number of sulfonamides is 1. The Morgan fingerprint density at radius 2 is 1.92 bits per heavy atom. The van der Waals surface area contributed by atoms with Crippen LogP contribution in [-0.2, 0) is 10.0 Å². The summed E-state index contributed by atoms with van der Waals surface area (Å²) in [7, 11) is -3.60. The van der Waals surface area contributed by atoms with E-state index in [1.807, 2.05) is 11.2 Å². The molecule has 25 heavy (non-hydrogen) atoms. The Bertz CT molecular complexity index is 696. The molecule has 0 aromatic heterocycles. The second-order valence-corrected chi connectivity index (χ2v) is 9.41. The Morgan fingerprint density at radius 1 is 1.24 bits per heavy atom. The van der Waals surface area contributed by atoms with Crippen LogP contribution in [0.2, 0.25) is 0 Å². The topological polar surface area (TPSA) is 66.5 Å². The van der Waals surface area contributed by atoms with Gasteiger partial charge in [-0.1, -0.05) is 13.8 Å². The zero-order chi connectivity index (χ0) is 18.4. The fourth-order valence-electron chi connectivity index (χ4n) is 2.85. The van der Waals surface area contributed by atoms with Crippen molar-refractivity contribution in [2.45, 2.75) is 49.3 Å². The number of carbonyl (C=O) groups excluding carboxylic acids is 1. The van der Waals surface area contributed by atoms with Crippen LogP contribution in [0.4, 0.5) is 0 Å². The third-order valence-corrected chi connectivity index (χ3v) is 6.62. The van der Waals surface area contributed by atoms with Gasteiger partial charge in [0, 0.05) is 24.5 Å². The van der Waals surface area contributed by atoms with Crippen LogP contribution in [0, 0.1) is 5.92 Å². The van der Waals surface area contributed by atoms with E-state index in [1.165, 1.54) is 17.8 Å². The number of hydrogen-bond acceptors (Lipinski definition) is 4. The zero-order valence-corrected chi connectivity index (χ0v) is 16.9. The summed E-state index contributed by atoms with van der Waals surface area (Å²) in [6.45, 7) is 6.00. The van der Waals surface area contributed by atoms with Gasteiger partial charge in [-0.25, -0.2) is 13.1 Å². The Hall–Kier alpha value is -1.05. The lowest BCUT2D eigenvalue weighted by atomic mass is 10.1. The summed E-state index contributed by atoms with van der Waals surface area (Å²) in [6, 6.07) is 4.84. The molecule has 2 rings (SSSR count). The third-order valence-electron chi connectivity index (χ3n) is 4.37. The maximum Gasteiger partial charge on any atom is 0.255 e. The van der Waals surface area contributed by atoms with E-state index in [2.05, 4.69) is 18.6 Å². The lowest BCUT2D eigenvalue weighted by Gasteiger charge is -2.27. The van der Waals surface area contributed by atoms with Crippen LogP contribution in [0.5, 0.6) is 0 Å². The minimum atomic E-state index is -3.60. The van der Waals surface area contributed by atoms with Crippen LogP contribution in [0.15, 0.2) is 28.0 Å². The van der Waals surface area contributed by atoms with E-state index < -0.39 is 10.0 Å². The summed E-state index contributed by atoms with van der Waals surface area (Å²) in [6.07, 6.45) is 5.84. The van der Waals surface area contributed by atoms with Crippen molar-refractivity contribution in [1.82, 2.24) is 9.62 Å². The number of thioether (sulfide) groups is 1. The van der Waals surface area contributed by atoms with Gasteiger partial charge in [0.15, 0.2) is 0 Å². The molecule has 0 unspecified atom stereocenters. The van der Waals surface area contributed by atoms with Gasteiger partial charge in [0.05, 0.1) is 10.5 Å². The first-order valence-electron chi connectivity index (χ1n) is 8.82. The van der Waals surface area contributed by atoms with Gasteiger partial charge in [-0.15, -0.1) is 11.8 Å². The minimum Gasteiger partial charge on any atom is -0.339 e. The SMILES string of the molecule is CSc1ccc(S(=O)(=O)NCCC(C)C)cc1C(=O)N1CCCCC1. The van der Waals surface area contributed by atoms with Gasteiger partial charge in [0.25, 0.3) is 5.91 Å². The van der Waals surface area contributed by atoms with E-state index in [0.29, 0.717) is 18.0 Å². The van der Waals surface area contributed by atoms with Gasteiger partial charge in [-0.05, 0) is 56.1 Å². The van der Waals surface area contributed by atoms with E-state index in [0.717, 1.165) is 43.7 Å². The van der Waals surface area contributed by atoms with Gasteiger partial charge in [-0.3, -0.25) is 4.79 Å². The van der Waals surface area contributed by atoms with E-state index in [1.54, 1.807) is 12.1 Å². The van der Waals surface area contributed by atoms with E-state index in [4.69, 9.17) is 0 Å². The molecule has 1 saturated heterocycles. The summed E-state index contributed by atoms with van der Waals surface area (Å²) in [4.78, 5) is 15.7. The molecule has 1 aliphatic heterocycles. The van der Waals surface area contributed by atoms with Crippen LogP contribution >= 0.6 is 11.8 Å². The van der Waals surface area contributed by atoms with Crippen molar-refractivity contribution in [3.63, 3.8) is 0 Å². The predicted molar refractivity (Wildman–Crippen MR) is 103 cm³/mol. The molecule has 0 aliphatic carbocycles. The number of nitrogens with one attached hydrogen (secondary N) is 1. The average Bonchev–Trinajstić information content (AvgIpc) is 2.60. The van der Waals surface area contributed by atoms with Gasteiger partial charge in [0.1, 0.15) is 0 Å². The van der Waals surface area contributed by atoms with Crippen molar-refractivity contribution in [1.29, 1.82) is 0 Å². The summed E-state index contributed by atoms with van der Waals surface area (Å²) < 4.78 is 27.7. The molecule has 0 saturated carbocycles. The molecule has 1 aromatic carbocycles. The van der Waals surface area contributed by atoms with Crippen LogP contribution in [0.1, 0.15) is 49.9 Å². The second kappa shape index (κ2) is 9.05. The molecule has 5 nitrogen and oxygen atoms in total. The standard InChI is InChI=1S/C18H28N2O3S2/c1-14(2)9-10-19-25(22,23)15-7-8-17(24-3)16(13-15)18(21)20-11-5-4-6-12-20/h7-8,13-14,19H,4-6,9-12H2,1-3H3. The van der Waals surface area contributed by atoms with Crippen molar-refractivity contribution in [2.75, 3.05) is 25.9 Å². The van der Waals surface area contributed by atoms with Crippen molar-refractivity contribution >= 4 is 27.7 Å². The molecule has 1 fully saturated rings. The number of piperidine rings is 1. The van der Waals surface area contributed by atoms with E-state index in [-0.39, 0.29) is 10.8 Å². The third kappa shape index (κ3) is 5.46. The summed E-state index contributed by atoms with van der Waals surface area (Å²) in [5.74, 6) is 0.362. The van der Waals surface area contributed by atoms with Crippen LogP contribution < -0.4 is 4.72 Å². The van der Waals surface area contributed by atoms with Gasteiger partial charge < -0.3 is 4.90 Å². The monoisotopic (exact) mass is 384 g/mol. The maximum absolute atomic E-state index is 12.9. The molecule has 0 atom stereocenters. The molecule has 7 heteroatoms. The molecule has 1 N–H and O–H groups in total. The molecule has 140 valence electrons. The van der Waals surface area contributed by atoms with Crippen molar-refractivity contribution in [2.24, 2.45) is 5.92 Å². The normalized spacial score (nSPS) is 15.6. The fourth-order valence-corrected chi connectivity index (χ4v) is 4.50. The Morgan fingerprint density at radius 3 is 2.52 bits per heavy atom. The molecular weight excluding hydrogens is 356 g/mol. The molecule has 0 bridgehead atoms. The highest BCUT2D eigenvalue weighted by atomic mass is 32.2. The second-order valence-electron chi connectivity index (χ2n) is 6.80. The summed E-state index contributed by atoms with van der Waals surface area (Å²) in [5.41, 5.74) is 0.487. The van der Waals surface area contributed by atoms with Gasteiger partial charge >= 0.3 is 0 Å². The molecule has 0 spiro atoms. The fraction of sp³-hybridized carbons (Fsp3) is 0.611. The highest BCUT2D eigenvalue weighted by Crippen LogP contribution is 2.26. The smallest absolute Gasteiger partial charge is 0.255 e. The van der Waals surface area contributed by atoms with Gasteiger partial charge in [0.2, 0.25) is 10.0 Å². The summed E-state index contributed by atoms with van der Waals surface area (Å²) >= 11 is 1.47. The van der Waals surface area contributed by atoms with Gasteiger partial charge in [-0.2, -0.15) is 0 Å². The predicted octanol–water partition coefficient (Wildman–Crippen LogP) is 3.36. The Kier molecular flexibility index (Phi) is 7.34. The van der Waals surface area contributed by atoms with E-state index >= 15 is 0 Å². The maximum atomic E-state index is 12.9. The first-order chi connectivity index (χ1) is 11.8. The average molecular weight is 385 g/mol. The first kappa shape index (κ1) is 20.3. The molecule has 1 amide bonds. The molecular formula is C18H28N2O3S2. The van der Waals surface area contributed by atoms with Crippen molar-refractivity contribution in [3.05, 3.63) is 23.8 Å². The number of amides is 1. The number of likely N-dealkylation sites (tertiary alicyclic amines) is 1. The van der Waals surface area contributed by atoms with Crippen LogP contribution in [0.25, 0.3) is 0 Å². The number of rotatable bonds is 7. The highest BCUT2D eigenvalue weighted by Gasteiger charge is 2.23.